The van der Waals surface area contributed by atoms with Crippen LogP contribution < -0.4 is 15.4 Å². The van der Waals surface area contributed by atoms with E-state index in [1.807, 2.05) is 75.5 Å². The quantitative estimate of drug-likeness (QED) is 0.294. The molecule has 32 heavy (non-hydrogen) atoms. The number of aliphatic imine (C=N–C) groups is 1. The van der Waals surface area contributed by atoms with Crippen molar-refractivity contribution in [3.05, 3.63) is 41.5 Å². The standard InChI is InChI=1S/C22H35N7O2.HI/c1-16-26-27-19(29(16)6)14-24-21(28(5)15-20(30)25-22(2,3)4)23-13-12-17-8-10-18(31-7)11-9-17;/h8-11H,12-15H2,1-7H3,(H,23,24)(H,25,30);1H. The van der Waals surface area contributed by atoms with Gasteiger partial charge in [0.1, 0.15) is 18.1 Å². The molecule has 0 saturated carbocycles. The number of methoxy groups -OCH3 is 1. The van der Waals surface area contributed by atoms with Crippen LogP contribution in [0.25, 0.3) is 0 Å². The number of amides is 1. The summed E-state index contributed by atoms with van der Waals surface area (Å²) in [6.45, 7) is 9.03. The number of nitrogens with one attached hydrogen (secondary N) is 2. The zero-order valence-corrected chi connectivity index (χ0v) is 22.4. The second kappa shape index (κ2) is 12.6. The fraction of sp³-hybridized carbons (Fsp3) is 0.545. The third kappa shape index (κ3) is 9.01. The lowest BCUT2D eigenvalue weighted by atomic mass is 10.1. The van der Waals surface area contributed by atoms with Crippen molar-refractivity contribution in [2.24, 2.45) is 12.0 Å². The molecule has 1 aromatic heterocycles. The highest BCUT2D eigenvalue weighted by Gasteiger charge is 2.17. The Labute approximate surface area is 208 Å². The Hall–Kier alpha value is -2.37. The first-order valence-electron chi connectivity index (χ1n) is 10.4. The van der Waals surface area contributed by atoms with Crippen LogP contribution in [0, 0.1) is 6.92 Å². The van der Waals surface area contributed by atoms with Crippen molar-refractivity contribution in [2.75, 3.05) is 27.2 Å². The topological polar surface area (TPSA) is 96.7 Å². The van der Waals surface area contributed by atoms with Crippen LogP contribution in [-0.4, -0.2) is 64.3 Å². The van der Waals surface area contributed by atoms with Gasteiger partial charge in [-0.3, -0.25) is 4.79 Å². The van der Waals surface area contributed by atoms with Crippen LogP contribution in [0.2, 0.25) is 0 Å². The molecule has 0 aliphatic carbocycles. The number of nitrogens with zero attached hydrogens (tertiary/aromatic N) is 5. The summed E-state index contributed by atoms with van der Waals surface area (Å²) < 4.78 is 7.12. The summed E-state index contributed by atoms with van der Waals surface area (Å²) in [5.74, 6) is 3.01. The summed E-state index contributed by atoms with van der Waals surface area (Å²) >= 11 is 0. The maximum Gasteiger partial charge on any atom is 0.240 e. The van der Waals surface area contributed by atoms with Crippen molar-refractivity contribution >= 4 is 35.8 Å². The molecule has 0 bridgehead atoms. The third-order valence-electron chi connectivity index (χ3n) is 4.67. The number of likely N-dealkylation sites (N-methyl/N-ethyl adjacent to an activating group) is 1. The highest BCUT2D eigenvalue weighted by Crippen LogP contribution is 2.11. The van der Waals surface area contributed by atoms with Crippen LogP contribution in [0.1, 0.15) is 38.0 Å². The average Bonchev–Trinajstić information content (AvgIpc) is 3.01. The minimum atomic E-state index is -0.285. The molecule has 178 valence electrons. The van der Waals surface area contributed by atoms with Gasteiger partial charge in [-0.1, -0.05) is 12.1 Å². The number of hydrogen-bond acceptors (Lipinski definition) is 5. The Kier molecular flexibility index (Phi) is 10.9. The second-order valence-electron chi connectivity index (χ2n) is 8.54. The van der Waals surface area contributed by atoms with Gasteiger partial charge in [0.15, 0.2) is 11.8 Å². The summed E-state index contributed by atoms with van der Waals surface area (Å²) in [4.78, 5) is 18.9. The number of rotatable bonds is 8. The molecular weight excluding hydrogens is 521 g/mol. The first-order chi connectivity index (χ1) is 14.6. The van der Waals surface area contributed by atoms with Gasteiger partial charge in [0, 0.05) is 26.2 Å². The van der Waals surface area contributed by atoms with Crippen LogP contribution in [0.15, 0.2) is 29.3 Å². The van der Waals surface area contributed by atoms with Gasteiger partial charge >= 0.3 is 0 Å². The molecule has 0 saturated heterocycles. The fourth-order valence-electron chi connectivity index (χ4n) is 2.90. The van der Waals surface area contributed by atoms with Gasteiger partial charge in [-0.05, 0) is 51.8 Å². The monoisotopic (exact) mass is 557 g/mol. The van der Waals surface area contributed by atoms with Crippen molar-refractivity contribution in [2.45, 2.75) is 46.2 Å². The number of carbonyl (C=O) groups excluding carboxylic acids is 1. The molecule has 1 aromatic carbocycles. The molecule has 9 nitrogen and oxygen atoms in total. The Morgan fingerprint density at radius 2 is 1.88 bits per heavy atom. The van der Waals surface area contributed by atoms with E-state index < -0.39 is 0 Å². The summed E-state index contributed by atoms with van der Waals surface area (Å²) in [7, 11) is 5.42. The van der Waals surface area contributed by atoms with E-state index in [-0.39, 0.29) is 42.0 Å². The van der Waals surface area contributed by atoms with E-state index >= 15 is 0 Å². The lowest BCUT2D eigenvalue weighted by Gasteiger charge is -2.25. The van der Waals surface area contributed by atoms with E-state index in [4.69, 9.17) is 4.74 Å². The van der Waals surface area contributed by atoms with Crippen molar-refractivity contribution < 1.29 is 9.53 Å². The summed E-state index contributed by atoms with van der Waals surface area (Å²) in [6, 6.07) is 7.98. The second-order valence-corrected chi connectivity index (χ2v) is 8.54. The molecule has 1 amide bonds. The van der Waals surface area contributed by atoms with Crippen LogP contribution in [0.4, 0.5) is 0 Å². The molecule has 0 unspecified atom stereocenters. The van der Waals surface area contributed by atoms with Crippen molar-refractivity contribution in [3.63, 3.8) is 0 Å². The van der Waals surface area contributed by atoms with E-state index in [0.29, 0.717) is 19.0 Å². The molecule has 0 aliphatic rings. The van der Waals surface area contributed by atoms with Crippen LogP contribution in [0.5, 0.6) is 5.75 Å². The van der Waals surface area contributed by atoms with E-state index in [1.165, 1.54) is 5.56 Å². The van der Waals surface area contributed by atoms with Crippen LogP contribution in [0.3, 0.4) is 0 Å². The van der Waals surface area contributed by atoms with Gasteiger partial charge in [-0.15, -0.1) is 34.2 Å². The predicted molar refractivity (Wildman–Crippen MR) is 138 cm³/mol. The Bertz CT molecular complexity index is 889. The molecule has 0 spiro atoms. The Morgan fingerprint density at radius 1 is 1.22 bits per heavy atom. The van der Waals surface area contributed by atoms with Gasteiger partial charge < -0.3 is 24.8 Å². The van der Waals surface area contributed by atoms with Gasteiger partial charge in [0.25, 0.3) is 0 Å². The number of guanidine groups is 1. The maximum absolute atomic E-state index is 12.4. The molecule has 0 atom stereocenters. The van der Waals surface area contributed by atoms with Crippen molar-refractivity contribution in [1.29, 1.82) is 0 Å². The number of hydrogen-bond donors (Lipinski definition) is 2. The Morgan fingerprint density at radius 3 is 2.41 bits per heavy atom. The molecule has 2 aromatic rings. The molecule has 1 heterocycles. The highest BCUT2D eigenvalue weighted by atomic mass is 127. The molecule has 10 heteroatoms. The van der Waals surface area contributed by atoms with Crippen molar-refractivity contribution in [3.8, 4) is 5.75 Å². The summed E-state index contributed by atoms with van der Waals surface area (Å²) in [5.41, 5.74) is 0.900. The van der Waals surface area contributed by atoms with Gasteiger partial charge in [-0.25, -0.2) is 4.99 Å². The summed E-state index contributed by atoms with van der Waals surface area (Å²) in [5, 5.41) is 14.6. The van der Waals surface area contributed by atoms with E-state index in [1.54, 1.807) is 7.11 Å². The van der Waals surface area contributed by atoms with Gasteiger partial charge in [-0.2, -0.15) is 0 Å². The van der Waals surface area contributed by atoms with Gasteiger partial charge in [0.05, 0.1) is 13.7 Å². The first kappa shape index (κ1) is 27.7. The molecule has 2 N–H and O–H groups in total. The number of carbonyl (C=O) groups is 1. The highest BCUT2D eigenvalue weighted by molar-refractivity contribution is 14.0. The molecule has 0 aliphatic heterocycles. The molecule has 2 rings (SSSR count). The fourth-order valence-corrected chi connectivity index (χ4v) is 2.90. The minimum Gasteiger partial charge on any atom is -0.497 e. The lowest BCUT2D eigenvalue weighted by Crippen LogP contribution is -2.49. The number of benzene rings is 1. The van der Waals surface area contributed by atoms with Crippen LogP contribution >= 0.6 is 24.0 Å². The predicted octanol–water partition coefficient (Wildman–Crippen LogP) is 2.28. The van der Waals surface area contributed by atoms with E-state index in [0.717, 1.165) is 23.8 Å². The number of halogens is 1. The molecule has 0 fully saturated rings. The zero-order chi connectivity index (χ0) is 23.0. The largest absolute Gasteiger partial charge is 0.497 e. The van der Waals surface area contributed by atoms with Crippen LogP contribution in [-0.2, 0) is 24.8 Å². The first-order valence-corrected chi connectivity index (χ1v) is 10.4. The third-order valence-corrected chi connectivity index (χ3v) is 4.67. The zero-order valence-electron chi connectivity index (χ0n) is 20.1. The van der Waals surface area contributed by atoms with E-state index in [2.05, 4.69) is 25.8 Å². The normalized spacial score (nSPS) is 11.5. The SMILES string of the molecule is COc1ccc(CCNC(=NCc2nnc(C)n2C)N(C)CC(=O)NC(C)(C)C)cc1.I. The number of aromatic nitrogens is 3. The van der Waals surface area contributed by atoms with E-state index in [9.17, 15) is 4.79 Å². The molecule has 0 radical (unpaired) electrons. The maximum atomic E-state index is 12.4. The number of ether oxygens (including phenoxy) is 1. The lowest BCUT2D eigenvalue weighted by molar-refractivity contribution is -0.122. The van der Waals surface area contributed by atoms with Gasteiger partial charge in [0.2, 0.25) is 5.91 Å². The molecular formula is C22H36IN7O2. The average molecular weight is 557 g/mol. The van der Waals surface area contributed by atoms with Crippen molar-refractivity contribution in [1.82, 2.24) is 30.3 Å². The minimum absolute atomic E-state index is 0. The smallest absolute Gasteiger partial charge is 0.240 e. The Balaban J connectivity index is 0.00000512. The number of aryl methyl sites for hydroxylation is 1. The summed E-state index contributed by atoms with van der Waals surface area (Å²) in [6.07, 6.45) is 0.814.